The fourth-order valence-corrected chi connectivity index (χ4v) is 5.72. The largest absolute Gasteiger partial charge is 0.252 e. The number of hydrogen-bond acceptors (Lipinski definition) is 3. The van der Waals surface area contributed by atoms with Gasteiger partial charge in [0.1, 0.15) is 4.21 Å². The summed E-state index contributed by atoms with van der Waals surface area (Å²) in [6.45, 7) is 1.42. The van der Waals surface area contributed by atoms with Crippen LogP contribution in [0, 0.1) is 11.8 Å². The van der Waals surface area contributed by atoms with Crippen LogP contribution >= 0.6 is 22.9 Å². The molecule has 0 saturated heterocycles. The molecule has 0 radical (unpaired) electrons. The van der Waals surface area contributed by atoms with Crippen molar-refractivity contribution >= 4 is 33.0 Å². The van der Waals surface area contributed by atoms with Crippen LogP contribution in [0.5, 0.6) is 0 Å². The van der Waals surface area contributed by atoms with Crippen molar-refractivity contribution in [2.75, 3.05) is 19.0 Å². The molecule has 0 bridgehead atoms. The van der Waals surface area contributed by atoms with Gasteiger partial charge in [-0.25, -0.2) is 8.42 Å². The molecule has 6 heteroatoms. The quantitative estimate of drug-likeness (QED) is 0.684. The number of thiophene rings is 1. The minimum absolute atomic E-state index is 0.485. The predicted molar refractivity (Wildman–Crippen MR) is 82.9 cm³/mol. The molecule has 0 N–H and O–H groups in total. The summed E-state index contributed by atoms with van der Waals surface area (Å²) in [6, 6.07) is 3.64. The van der Waals surface area contributed by atoms with Gasteiger partial charge in [-0.2, -0.15) is 4.31 Å². The van der Waals surface area contributed by atoms with Gasteiger partial charge in [-0.3, -0.25) is 0 Å². The Labute approximate surface area is 130 Å². The van der Waals surface area contributed by atoms with Crippen LogP contribution in [0.1, 0.15) is 30.6 Å². The van der Waals surface area contributed by atoms with E-state index in [1.54, 1.807) is 10.4 Å². The van der Waals surface area contributed by atoms with Gasteiger partial charge in [0.25, 0.3) is 10.0 Å². The minimum atomic E-state index is -3.30. The van der Waals surface area contributed by atoms with Gasteiger partial charge in [-0.15, -0.1) is 22.9 Å². The molecule has 0 amide bonds. The maximum atomic E-state index is 12.8. The number of alkyl halides is 1. The van der Waals surface area contributed by atoms with Crippen molar-refractivity contribution in [1.82, 2.24) is 4.31 Å². The fourth-order valence-electron chi connectivity index (χ4n) is 2.30. The lowest BCUT2D eigenvalue weighted by molar-refractivity contribution is 0.383. The molecule has 0 aliphatic heterocycles. The molecule has 1 aromatic rings. The topological polar surface area (TPSA) is 37.4 Å². The van der Waals surface area contributed by atoms with Crippen molar-refractivity contribution in [3.8, 4) is 0 Å². The molecule has 3 rings (SSSR count). The molecule has 112 valence electrons. The molecular weight excluding hydrogens is 314 g/mol. The Balaban J connectivity index is 1.77. The molecule has 2 aliphatic rings. The highest BCUT2D eigenvalue weighted by atomic mass is 35.5. The first-order valence-corrected chi connectivity index (χ1v) is 10.0. The van der Waals surface area contributed by atoms with Crippen LogP contribution in [0.2, 0.25) is 0 Å². The summed E-state index contributed by atoms with van der Waals surface area (Å²) in [7, 11) is -3.30. The Morgan fingerprint density at radius 2 is 1.75 bits per heavy atom. The van der Waals surface area contributed by atoms with Crippen molar-refractivity contribution in [3.05, 3.63) is 17.0 Å². The Morgan fingerprint density at radius 3 is 2.25 bits per heavy atom. The molecule has 2 aliphatic carbocycles. The normalized spacial score (nSPS) is 19.7. The Bertz CT molecular complexity index is 547. The van der Waals surface area contributed by atoms with Gasteiger partial charge >= 0.3 is 0 Å². The number of sulfonamides is 1. The lowest BCUT2D eigenvalue weighted by Gasteiger charge is -2.21. The van der Waals surface area contributed by atoms with E-state index in [0.29, 0.717) is 35.0 Å². The van der Waals surface area contributed by atoms with E-state index in [4.69, 9.17) is 11.6 Å². The summed E-state index contributed by atoms with van der Waals surface area (Å²) >= 11 is 7.10. The molecule has 0 spiro atoms. The van der Waals surface area contributed by atoms with Crippen molar-refractivity contribution in [1.29, 1.82) is 0 Å². The third-order valence-electron chi connectivity index (χ3n) is 3.89. The highest BCUT2D eigenvalue weighted by molar-refractivity contribution is 7.91. The summed E-state index contributed by atoms with van der Waals surface area (Å²) in [5, 5.41) is 0. The summed E-state index contributed by atoms with van der Waals surface area (Å²) in [5.74, 6) is 1.71. The van der Waals surface area contributed by atoms with E-state index in [9.17, 15) is 8.42 Å². The molecule has 1 heterocycles. The first-order valence-electron chi connectivity index (χ1n) is 7.24. The van der Waals surface area contributed by atoms with Crippen molar-refractivity contribution in [2.24, 2.45) is 11.8 Å². The molecule has 2 fully saturated rings. The van der Waals surface area contributed by atoms with Gasteiger partial charge in [-0.05, 0) is 56.1 Å². The molecule has 3 nitrogen and oxygen atoms in total. The molecular formula is C14H20ClNO2S2. The zero-order chi connectivity index (χ0) is 14.2. The first-order chi connectivity index (χ1) is 9.59. The van der Waals surface area contributed by atoms with Gasteiger partial charge < -0.3 is 0 Å². The molecule has 20 heavy (non-hydrogen) atoms. The highest BCUT2D eigenvalue weighted by Crippen LogP contribution is 2.37. The summed E-state index contributed by atoms with van der Waals surface area (Å²) < 4.78 is 27.8. The van der Waals surface area contributed by atoms with Crippen LogP contribution in [-0.2, 0) is 16.4 Å². The lowest BCUT2D eigenvalue weighted by Crippen LogP contribution is -2.34. The van der Waals surface area contributed by atoms with Gasteiger partial charge in [0.15, 0.2) is 0 Å². The van der Waals surface area contributed by atoms with Crippen molar-refractivity contribution < 1.29 is 8.42 Å². The number of aryl methyl sites for hydroxylation is 1. The number of rotatable bonds is 8. The van der Waals surface area contributed by atoms with E-state index < -0.39 is 10.0 Å². The molecule has 0 aromatic carbocycles. The van der Waals surface area contributed by atoms with Gasteiger partial charge in [0, 0.05) is 23.8 Å². The van der Waals surface area contributed by atoms with E-state index in [1.807, 2.05) is 6.07 Å². The molecule has 0 unspecified atom stereocenters. The Hall–Kier alpha value is -0.100. The third-order valence-corrected chi connectivity index (χ3v) is 7.52. The van der Waals surface area contributed by atoms with E-state index >= 15 is 0 Å². The number of halogens is 1. The second-order valence-corrected chi connectivity index (χ2v) is 9.58. The van der Waals surface area contributed by atoms with Crippen LogP contribution in [0.3, 0.4) is 0 Å². The number of nitrogens with zero attached hydrogens (tertiary/aromatic N) is 1. The van der Waals surface area contributed by atoms with Crippen molar-refractivity contribution in [2.45, 2.75) is 36.3 Å². The van der Waals surface area contributed by atoms with E-state index in [0.717, 1.165) is 11.3 Å². The summed E-state index contributed by atoms with van der Waals surface area (Å²) in [4.78, 5) is 1.05. The van der Waals surface area contributed by atoms with Gasteiger partial charge in [0.05, 0.1) is 0 Å². The molecule has 0 atom stereocenters. The predicted octanol–water partition coefficient (Wildman–Crippen LogP) is 3.34. The average molecular weight is 334 g/mol. The Morgan fingerprint density at radius 1 is 1.15 bits per heavy atom. The van der Waals surface area contributed by atoms with Crippen LogP contribution in [0.4, 0.5) is 0 Å². The SMILES string of the molecule is O=S(=O)(c1ccc(CCCl)s1)N(CC1CC1)CC1CC1. The minimum Gasteiger partial charge on any atom is -0.206 e. The average Bonchev–Trinajstić information content (AvgIpc) is 3.32. The zero-order valence-corrected chi connectivity index (χ0v) is 13.8. The fraction of sp³-hybridized carbons (Fsp3) is 0.714. The van der Waals surface area contributed by atoms with E-state index in [2.05, 4.69) is 0 Å². The summed E-state index contributed by atoms with van der Waals surface area (Å²) in [6.07, 6.45) is 5.46. The monoisotopic (exact) mass is 333 g/mol. The highest BCUT2D eigenvalue weighted by Gasteiger charge is 2.36. The smallest absolute Gasteiger partial charge is 0.206 e. The maximum absolute atomic E-state index is 12.8. The van der Waals surface area contributed by atoms with Crippen molar-refractivity contribution in [3.63, 3.8) is 0 Å². The first kappa shape index (κ1) is 14.8. The molecule has 1 aromatic heterocycles. The maximum Gasteiger partial charge on any atom is 0.252 e. The van der Waals surface area contributed by atoms with Crippen LogP contribution in [-0.4, -0.2) is 31.7 Å². The third kappa shape index (κ3) is 3.56. The van der Waals surface area contributed by atoms with Crippen LogP contribution in [0.25, 0.3) is 0 Å². The zero-order valence-electron chi connectivity index (χ0n) is 11.4. The van der Waals surface area contributed by atoms with Gasteiger partial charge in [0.2, 0.25) is 0 Å². The van der Waals surface area contributed by atoms with Crippen LogP contribution < -0.4 is 0 Å². The van der Waals surface area contributed by atoms with E-state index in [-0.39, 0.29) is 0 Å². The second-order valence-electron chi connectivity index (χ2n) is 5.87. The number of hydrogen-bond donors (Lipinski definition) is 0. The van der Waals surface area contributed by atoms with Gasteiger partial charge in [-0.1, -0.05) is 0 Å². The molecule has 2 saturated carbocycles. The second kappa shape index (κ2) is 5.95. The van der Waals surface area contributed by atoms with Crippen LogP contribution in [0.15, 0.2) is 16.3 Å². The Kier molecular flexibility index (Phi) is 4.41. The van der Waals surface area contributed by atoms with E-state index in [1.165, 1.54) is 37.0 Å². The summed E-state index contributed by atoms with van der Waals surface area (Å²) in [5.41, 5.74) is 0. The standard InChI is InChI=1S/C14H20ClNO2S2/c15-8-7-13-5-6-14(19-13)20(17,18)16(9-11-1-2-11)10-12-3-4-12/h5-6,11-12H,1-4,7-10H2. The lowest BCUT2D eigenvalue weighted by atomic mass is 10.4.